The number of aromatic nitrogens is 2. The molecule has 1 aromatic carbocycles. The predicted molar refractivity (Wildman–Crippen MR) is 72.5 cm³/mol. The first-order valence-corrected chi connectivity index (χ1v) is 5.96. The molecule has 3 N–H and O–H groups in total. The van der Waals surface area contributed by atoms with Crippen LogP contribution in [0.5, 0.6) is 5.75 Å². The van der Waals surface area contributed by atoms with Gasteiger partial charge in [-0.05, 0) is 31.2 Å². The Kier molecular flexibility index (Phi) is 4.30. The number of nitrogens with one attached hydrogen (secondary N) is 1. The Bertz CT molecular complexity index is 560. The molecule has 0 saturated heterocycles. The molecule has 0 aliphatic carbocycles. The van der Waals surface area contributed by atoms with Crippen molar-refractivity contribution in [2.45, 2.75) is 6.92 Å². The van der Waals surface area contributed by atoms with Gasteiger partial charge < -0.3 is 15.5 Å². The molecular formula is C14H16FN3O. The highest BCUT2D eigenvalue weighted by atomic mass is 19.1. The summed E-state index contributed by atoms with van der Waals surface area (Å²) in [6, 6.07) is 7.47. The third kappa shape index (κ3) is 3.42. The van der Waals surface area contributed by atoms with E-state index in [1.54, 1.807) is 0 Å². The first-order chi connectivity index (χ1) is 9.22. The summed E-state index contributed by atoms with van der Waals surface area (Å²) >= 11 is 0. The average molecular weight is 261 g/mol. The van der Waals surface area contributed by atoms with Gasteiger partial charge in [0.15, 0.2) is 0 Å². The Morgan fingerprint density at radius 3 is 2.68 bits per heavy atom. The molecule has 0 atom stereocenters. The van der Waals surface area contributed by atoms with E-state index in [9.17, 15) is 4.39 Å². The highest BCUT2D eigenvalue weighted by Gasteiger charge is 2.02. The number of rotatable bonds is 5. The Labute approximate surface area is 111 Å². The summed E-state index contributed by atoms with van der Waals surface area (Å²) in [4.78, 5) is 7.37. The van der Waals surface area contributed by atoms with E-state index in [1.807, 2.05) is 37.4 Å². The van der Waals surface area contributed by atoms with Gasteiger partial charge in [0.1, 0.15) is 18.2 Å². The number of benzene rings is 1. The van der Waals surface area contributed by atoms with E-state index in [-0.39, 0.29) is 13.2 Å². The lowest BCUT2D eigenvalue weighted by atomic mass is 10.1. The number of imidazole rings is 1. The van der Waals surface area contributed by atoms with E-state index in [0.29, 0.717) is 17.7 Å². The third-order valence-corrected chi connectivity index (χ3v) is 2.70. The quantitative estimate of drug-likeness (QED) is 0.869. The maximum Gasteiger partial charge on any atom is 0.119 e. The van der Waals surface area contributed by atoms with Crippen LogP contribution in [-0.4, -0.2) is 23.1 Å². The minimum absolute atomic E-state index is 0.154. The maximum atomic E-state index is 12.3. The number of nitrogens with two attached hydrogens (primary N) is 1. The van der Waals surface area contributed by atoms with E-state index >= 15 is 0 Å². The molecule has 0 bridgehead atoms. The summed E-state index contributed by atoms with van der Waals surface area (Å²) < 4.78 is 17.7. The smallest absolute Gasteiger partial charge is 0.119 e. The van der Waals surface area contributed by atoms with Gasteiger partial charge in [0.2, 0.25) is 0 Å². The summed E-state index contributed by atoms with van der Waals surface area (Å²) in [6.07, 6.45) is 2.34. The van der Waals surface area contributed by atoms with Gasteiger partial charge in [-0.3, -0.25) is 0 Å². The van der Waals surface area contributed by atoms with Crippen molar-refractivity contribution >= 4 is 0 Å². The van der Waals surface area contributed by atoms with Crippen LogP contribution in [0, 0.1) is 6.92 Å². The number of ether oxygens (including phenoxy) is 1. The Balaban J connectivity index is 2.02. The molecule has 1 heterocycles. The Morgan fingerprint density at radius 2 is 2.16 bits per heavy atom. The van der Waals surface area contributed by atoms with Gasteiger partial charge in [0.25, 0.3) is 0 Å². The summed E-state index contributed by atoms with van der Waals surface area (Å²) in [5.41, 5.74) is 7.65. The normalized spacial score (nSPS) is 11.6. The molecule has 0 aliphatic rings. The molecule has 0 amide bonds. The molecule has 1 aromatic heterocycles. The van der Waals surface area contributed by atoms with Crippen molar-refractivity contribution in [1.29, 1.82) is 0 Å². The fourth-order valence-corrected chi connectivity index (χ4v) is 1.60. The summed E-state index contributed by atoms with van der Waals surface area (Å²) in [5, 5.41) is 0. The van der Waals surface area contributed by atoms with Crippen LogP contribution >= 0.6 is 0 Å². The van der Waals surface area contributed by atoms with Crippen molar-refractivity contribution in [3.8, 4) is 17.0 Å². The lowest BCUT2D eigenvalue weighted by Gasteiger charge is -2.07. The minimum atomic E-state index is 0.154. The number of nitrogens with zero attached hydrogens (tertiary/aromatic N) is 1. The molecule has 0 fully saturated rings. The molecule has 4 nitrogen and oxygen atoms in total. The average Bonchev–Trinajstić information content (AvgIpc) is 2.87. The lowest BCUT2D eigenvalue weighted by Crippen LogP contribution is -2.10. The zero-order valence-electron chi connectivity index (χ0n) is 10.7. The van der Waals surface area contributed by atoms with Gasteiger partial charge >= 0.3 is 0 Å². The largest absolute Gasteiger partial charge is 0.489 e. The summed E-state index contributed by atoms with van der Waals surface area (Å²) in [6.45, 7) is 2.22. The van der Waals surface area contributed by atoms with Crippen LogP contribution in [0.25, 0.3) is 11.3 Å². The second-order valence-electron chi connectivity index (χ2n) is 4.16. The van der Waals surface area contributed by atoms with Crippen molar-refractivity contribution in [2.75, 3.05) is 13.2 Å². The highest BCUT2D eigenvalue weighted by molar-refractivity contribution is 5.59. The summed E-state index contributed by atoms with van der Waals surface area (Å²) in [5.74, 6) is 1.54. The summed E-state index contributed by atoms with van der Waals surface area (Å²) in [7, 11) is 0. The van der Waals surface area contributed by atoms with Crippen LogP contribution in [0.1, 0.15) is 5.82 Å². The number of hydrogen-bond acceptors (Lipinski definition) is 3. The Morgan fingerprint density at radius 1 is 1.42 bits per heavy atom. The number of halogens is 1. The van der Waals surface area contributed by atoms with E-state index in [1.165, 1.54) is 0 Å². The molecule has 100 valence electrons. The number of hydrogen-bond donors (Lipinski definition) is 2. The van der Waals surface area contributed by atoms with Crippen molar-refractivity contribution in [3.05, 3.63) is 48.2 Å². The molecule has 2 rings (SSSR count). The van der Waals surface area contributed by atoms with E-state index in [4.69, 9.17) is 10.5 Å². The number of H-pyrrole nitrogens is 1. The standard InChI is InChI=1S/C14H16FN3O/c1-10-17-8-14(18-10)12-2-4-13(5-3-12)19-9-11(6-15)7-16/h2-6,8H,7,9,16H2,1H3,(H,17,18)/b11-6-. The van der Waals surface area contributed by atoms with Crippen LogP contribution < -0.4 is 10.5 Å². The van der Waals surface area contributed by atoms with Crippen LogP contribution in [0.15, 0.2) is 42.4 Å². The molecule has 2 aromatic rings. The monoisotopic (exact) mass is 261 g/mol. The van der Waals surface area contributed by atoms with E-state index in [2.05, 4.69) is 9.97 Å². The molecule has 19 heavy (non-hydrogen) atoms. The van der Waals surface area contributed by atoms with Gasteiger partial charge in [-0.2, -0.15) is 0 Å². The van der Waals surface area contributed by atoms with Gasteiger partial charge in [-0.25, -0.2) is 9.37 Å². The zero-order valence-corrected chi connectivity index (χ0v) is 10.7. The maximum absolute atomic E-state index is 12.3. The highest BCUT2D eigenvalue weighted by Crippen LogP contribution is 2.21. The first-order valence-electron chi connectivity index (χ1n) is 5.96. The molecule has 0 aliphatic heterocycles. The third-order valence-electron chi connectivity index (χ3n) is 2.70. The van der Waals surface area contributed by atoms with Crippen molar-refractivity contribution < 1.29 is 9.13 Å². The van der Waals surface area contributed by atoms with Crippen LogP contribution in [0.3, 0.4) is 0 Å². The van der Waals surface area contributed by atoms with Crippen LogP contribution in [0.2, 0.25) is 0 Å². The van der Waals surface area contributed by atoms with Crippen LogP contribution in [-0.2, 0) is 0 Å². The van der Waals surface area contributed by atoms with Crippen LogP contribution in [0.4, 0.5) is 4.39 Å². The molecule has 0 unspecified atom stereocenters. The van der Waals surface area contributed by atoms with Gasteiger partial charge in [-0.1, -0.05) is 0 Å². The van der Waals surface area contributed by atoms with Gasteiger partial charge in [0, 0.05) is 23.9 Å². The number of aryl methyl sites for hydroxylation is 1. The molecule has 0 spiro atoms. The van der Waals surface area contributed by atoms with Gasteiger partial charge in [-0.15, -0.1) is 0 Å². The topological polar surface area (TPSA) is 63.9 Å². The minimum Gasteiger partial charge on any atom is -0.489 e. The number of aromatic amines is 1. The molecule has 5 heteroatoms. The Hall–Kier alpha value is -2.14. The molecular weight excluding hydrogens is 245 g/mol. The molecule has 0 radical (unpaired) electrons. The predicted octanol–water partition coefficient (Wildman–Crippen LogP) is 2.58. The second-order valence-corrected chi connectivity index (χ2v) is 4.16. The van der Waals surface area contributed by atoms with E-state index < -0.39 is 0 Å². The zero-order chi connectivity index (χ0) is 13.7. The SMILES string of the molecule is Cc1nc(-c2ccc(OC/C(=C\F)CN)cc2)c[nH]1. The van der Waals surface area contributed by atoms with Crippen molar-refractivity contribution in [3.63, 3.8) is 0 Å². The second kappa shape index (κ2) is 6.15. The lowest BCUT2D eigenvalue weighted by molar-refractivity contribution is 0.347. The van der Waals surface area contributed by atoms with E-state index in [0.717, 1.165) is 17.1 Å². The first kappa shape index (κ1) is 13.3. The van der Waals surface area contributed by atoms with Gasteiger partial charge in [0.05, 0.1) is 12.0 Å². The fourth-order valence-electron chi connectivity index (χ4n) is 1.60. The van der Waals surface area contributed by atoms with Crippen molar-refractivity contribution in [1.82, 2.24) is 9.97 Å². The fraction of sp³-hybridized carbons (Fsp3) is 0.214. The van der Waals surface area contributed by atoms with Crippen molar-refractivity contribution in [2.24, 2.45) is 5.73 Å². The molecule has 0 saturated carbocycles.